The van der Waals surface area contributed by atoms with Crippen molar-refractivity contribution < 1.29 is 9.53 Å². The van der Waals surface area contributed by atoms with Crippen molar-refractivity contribution in [3.05, 3.63) is 35.4 Å². The van der Waals surface area contributed by atoms with Gasteiger partial charge in [-0.05, 0) is 62.6 Å². The molecule has 2 aliphatic heterocycles. The third-order valence-corrected chi connectivity index (χ3v) is 6.77. The van der Waals surface area contributed by atoms with E-state index in [9.17, 15) is 4.79 Å². The van der Waals surface area contributed by atoms with Crippen LogP contribution < -0.4 is 0 Å². The maximum Gasteiger partial charge on any atom is 0.254 e. The summed E-state index contributed by atoms with van der Waals surface area (Å²) < 4.78 is 6.07. The van der Waals surface area contributed by atoms with E-state index >= 15 is 0 Å². The summed E-state index contributed by atoms with van der Waals surface area (Å²) in [6.07, 6.45) is 4.91. The van der Waals surface area contributed by atoms with E-state index in [1.54, 1.807) is 0 Å². The molecular formula is C22H32N2O2. The smallest absolute Gasteiger partial charge is 0.254 e. The van der Waals surface area contributed by atoms with Crippen LogP contribution in [0.15, 0.2) is 24.3 Å². The Labute approximate surface area is 157 Å². The number of hydrogen-bond donors (Lipinski definition) is 0. The van der Waals surface area contributed by atoms with Gasteiger partial charge in [0.1, 0.15) is 0 Å². The second-order valence-corrected chi connectivity index (χ2v) is 8.84. The Kier molecular flexibility index (Phi) is 5.07. The highest BCUT2D eigenvalue weighted by Crippen LogP contribution is 2.44. The summed E-state index contributed by atoms with van der Waals surface area (Å²) >= 11 is 0. The normalized spacial score (nSPS) is 25.8. The minimum Gasteiger partial charge on any atom is -0.381 e. The molecule has 1 aromatic rings. The Morgan fingerprint density at radius 2 is 1.92 bits per heavy atom. The highest BCUT2D eigenvalue weighted by Gasteiger charge is 2.47. The molecule has 4 rings (SSSR count). The Hall–Kier alpha value is -1.39. The molecule has 3 aliphatic rings. The number of carbonyl (C=O) groups excluding carboxylic acids is 1. The molecule has 142 valence electrons. The van der Waals surface area contributed by atoms with Crippen molar-refractivity contribution in [3.63, 3.8) is 0 Å². The van der Waals surface area contributed by atoms with Gasteiger partial charge >= 0.3 is 0 Å². The van der Waals surface area contributed by atoms with E-state index in [-0.39, 0.29) is 5.91 Å². The molecule has 26 heavy (non-hydrogen) atoms. The van der Waals surface area contributed by atoms with Crippen LogP contribution in [0.1, 0.15) is 41.6 Å². The number of amides is 1. The Balaban J connectivity index is 1.37. The molecule has 2 saturated heterocycles. The van der Waals surface area contributed by atoms with Crippen LogP contribution in [0.3, 0.4) is 0 Å². The molecular weight excluding hydrogens is 324 g/mol. The van der Waals surface area contributed by atoms with Crippen molar-refractivity contribution in [2.45, 2.75) is 32.6 Å². The zero-order valence-corrected chi connectivity index (χ0v) is 16.2. The van der Waals surface area contributed by atoms with E-state index in [0.29, 0.717) is 11.3 Å². The van der Waals surface area contributed by atoms with Crippen LogP contribution in [0.25, 0.3) is 0 Å². The topological polar surface area (TPSA) is 32.8 Å². The second kappa shape index (κ2) is 7.32. The summed E-state index contributed by atoms with van der Waals surface area (Å²) in [5, 5.41) is 0. The van der Waals surface area contributed by atoms with Crippen LogP contribution in [0, 0.1) is 24.2 Å². The van der Waals surface area contributed by atoms with Gasteiger partial charge in [-0.25, -0.2) is 0 Å². The van der Waals surface area contributed by atoms with Crippen LogP contribution in [0.5, 0.6) is 0 Å². The number of ether oxygens (including phenoxy) is 1. The molecule has 1 aliphatic carbocycles. The van der Waals surface area contributed by atoms with Gasteiger partial charge in [0.2, 0.25) is 0 Å². The lowest BCUT2D eigenvalue weighted by Gasteiger charge is -2.42. The monoisotopic (exact) mass is 356 g/mol. The van der Waals surface area contributed by atoms with Gasteiger partial charge in [-0.3, -0.25) is 4.79 Å². The van der Waals surface area contributed by atoms with E-state index in [0.717, 1.165) is 69.3 Å². The lowest BCUT2D eigenvalue weighted by atomic mass is 9.71. The summed E-state index contributed by atoms with van der Waals surface area (Å²) in [6.45, 7) is 7.91. The summed E-state index contributed by atoms with van der Waals surface area (Å²) in [6, 6.07) is 7.94. The quantitative estimate of drug-likeness (QED) is 0.812. The number of piperidine rings is 1. The number of carbonyl (C=O) groups is 1. The van der Waals surface area contributed by atoms with Crippen molar-refractivity contribution >= 4 is 5.91 Å². The first-order chi connectivity index (χ1) is 12.6. The fraction of sp³-hybridized carbons (Fsp3) is 0.682. The van der Waals surface area contributed by atoms with Crippen molar-refractivity contribution in [3.8, 4) is 0 Å². The predicted molar refractivity (Wildman–Crippen MR) is 103 cm³/mol. The fourth-order valence-electron chi connectivity index (χ4n) is 4.90. The molecule has 0 radical (unpaired) electrons. The summed E-state index contributed by atoms with van der Waals surface area (Å²) in [4.78, 5) is 17.4. The minimum atomic E-state index is 0.200. The average molecular weight is 357 g/mol. The van der Waals surface area contributed by atoms with Crippen molar-refractivity contribution in [2.24, 2.45) is 17.3 Å². The molecule has 3 fully saturated rings. The van der Waals surface area contributed by atoms with Crippen LogP contribution in [0.2, 0.25) is 0 Å². The van der Waals surface area contributed by atoms with E-state index < -0.39 is 0 Å². The third kappa shape index (κ3) is 3.67. The largest absolute Gasteiger partial charge is 0.381 e. The second-order valence-electron chi connectivity index (χ2n) is 8.84. The van der Waals surface area contributed by atoms with Gasteiger partial charge in [-0.2, -0.15) is 0 Å². The Morgan fingerprint density at radius 3 is 2.62 bits per heavy atom. The number of rotatable bonds is 5. The average Bonchev–Trinajstić information content (AvgIpc) is 3.40. The maximum atomic E-state index is 12.9. The highest BCUT2D eigenvalue weighted by atomic mass is 16.5. The summed E-state index contributed by atoms with van der Waals surface area (Å²) in [5.74, 6) is 1.64. The molecule has 0 bridgehead atoms. The summed E-state index contributed by atoms with van der Waals surface area (Å²) in [7, 11) is 2.23. The SMILES string of the molecule is Cc1ccccc1C(=O)N1CCC2(CC1)CN(C)C[C@H]2COCC1CC1. The fourth-order valence-corrected chi connectivity index (χ4v) is 4.90. The zero-order valence-electron chi connectivity index (χ0n) is 16.2. The van der Waals surface area contributed by atoms with Gasteiger partial charge in [0.25, 0.3) is 5.91 Å². The van der Waals surface area contributed by atoms with E-state index in [1.807, 2.05) is 31.2 Å². The molecule has 0 N–H and O–H groups in total. The minimum absolute atomic E-state index is 0.200. The van der Waals surface area contributed by atoms with Crippen LogP contribution in [0.4, 0.5) is 0 Å². The van der Waals surface area contributed by atoms with Crippen LogP contribution >= 0.6 is 0 Å². The molecule has 1 amide bonds. The van der Waals surface area contributed by atoms with Crippen molar-refractivity contribution in [2.75, 3.05) is 46.4 Å². The van der Waals surface area contributed by atoms with Gasteiger partial charge in [-0.15, -0.1) is 0 Å². The summed E-state index contributed by atoms with van der Waals surface area (Å²) in [5.41, 5.74) is 2.27. The van der Waals surface area contributed by atoms with Gasteiger partial charge in [0, 0.05) is 44.3 Å². The first-order valence-electron chi connectivity index (χ1n) is 10.2. The van der Waals surface area contributed by atoms with Crippen LogP contribution in [-0.2, 0) is 4.74 Å². The zero-order chi connectivity index (χ0) is 18.1. The molecule has 2 heterocycles. The Bertz CT molecular complexity index is 647. The van der Waals surface area contributed by atoms with E-state index in [2.05, 4.69) is 16.8 Å². The third-order valence-electron chi connectivity index (χ3n) is 6.77. The van der Waals surface area contributed by atoms with Gasteiger partial charge in [-0.1, -0.05) is 18.2 Å². The number of likely N-dealkylation sites (tertiary alicyclic amines) is 2. The molecule has 1 spiro atoms. The van der Waals surface area contributed by atoms with Gasteiger partial charge < -0.3 is 14.5 Å². The molecule has 4 heteroatoms. The molecule has 1 aromatic carbocycles. The standard InChI is InChI=1S/C22H32N2O2/c1-17-5-3-4-6-20(17)21(25)24-11-9-22(10-12-24)16-23(2)13-19(22)15-26-14-18-7-8-18/h3-6,18-19H,7-16H2,1-2H3/t19-/m0/s1. The lowest BCUT2D eigenvalue weighted by molar-refractivity contribution is 0.0180. The van der Waals surface area contributed by atoms with Gasteiger partial charge in [0.05, 0.1) is 6.61 Å². The van der Waals surface area contributed by atoms with E-state index in [4.69, 9.17) is 4.74 Å². The molecule has 1 saturated carbocycles. The molecule has 1 atom stereocenters. The number of nitrogens with zero attached hydrogens (tertiary/aromatic N) is 2. The lowest BCUT2D eigenvalue weighted by Crippen LogP contribution is -2.47. The first-order valence-corrected chi connectivity index (χ1v) is 10.2. The number of aryl methyl sites for hydroxylation is 1. The van der Waals surface area contributed by atoms with Gasteiger partial charge in [0.15, 0.2) is 0 Å². The molecule has 4 nitrogen and oxygen atoms in total. The van der Waals surface area contributed by atoms with E-state index in [1.165, 1.54) is 12.8 Å². The first kappa shape index (κ1) is 18.0. The number of benzene rings is 1. The van der Waals surface area contributed by atoms with Crippen molar-refractivity contribution in [1.82, 2.24) is 9.80 Å². The van der Waals surface area contributed by atoms with Crippen LogP contribution in [-0.4, -0.2) is 62.1 Å². The predicted octanol–water partition coefficient (Wildman–Crippen LogP) is 3.21. The van der Waals surface area contributed by atoms with Crippen molar-refractivity contribution in [1.29, 1.82) is 0 Å². The maximum absolute atomic E-state index is 12.9. The molecule has 0 unspecified atom stereocenters. The Morgan fingerprint density at radius 1 is 1.19 bits per heavy atom. The highest BCUT2D eigenvalue weighted by molar-refractivity contribution is 5.95. The molecule has 0 aromatic heterocycles. The number of hydrogen-bond acceptors (Lipinski definition) is 3.